The fraction of sp³-hybridized carbons (Fsp3) is 0.294. The molecule has 3 aliphatic rings. The van der Waals surface area contributed by atoms with Crippen LogP contribution in [0.3, 0.4) is 0 Å². The summed E-state index contributed by atoms with van der Waals surface area (Å²) in [7, 11) is 1.70. The number of ether oxygens (including phenoxy) is 1. The van der Waals surface area contributed by atoms with E-state index in [2.05, 4.69) is 33.3 Å². The molecule has 22 heavy (non-hydrogen) atoms. The summed E-state index contributed by atoms with van der Waals surface area (Å²) in [5.41, 5.74) is 2.21. The molecule has 0 aromatic heterocycles. The van der Waals surface area contributed by atoms with Gasteiger partial charge in [-0.25, -0.2) is 10.0 Å². The lowest BCUT2D eigenvalue weighted by Crippen LogP contribution is -2.61. The molecule has 4 rings (SSSR count). The summed E-state index contributed by atoms with van der Waals surface area (Å²) in [4.78, 5) is 8.66. The second-order valence-electron chi connectivity index (χ2n) is 5.76. The predicted octanol–water partition coefficient (Wildman–Crippen LogP) is 3.22. The monoisotopic (exact) mass is 295 g/mol. The number of allylic oxidation sites excluding steroid dienone is 1. The number of rotatable bonds is 4. The summed E-state index contributed by atoms with van der Waals surface area (Å²) < 4.78 is 5.89. The van der Waals surface area contributed by atoms with Crippen LogP contribution in [-0.4, -0.2) is 30.3 Å². The van der Waals surface area contributed by atoms with Crippen LogP contribution in [0.5, 0.6) is 5.75 Å². The lowest BCUT2D eigenvalue weighted by Gasteiger charge is -2.46. The number of aliphatic imine (C=N–C) groups is 2. The first-order valence-corrected chi connectivity index (χ1v) is 7.62. The Morgan fingerprint density at radius 2 is 2.18 bits per heavy atom. The van der Waals surface area contributed by atoms with Crippen LogP contribution in [-0.2, 0) is 0 Å². The molecule has 1 unspecified atom stereocenters. The Balaban J connectivity index is 1.82. The van der Waals surface area contributed by atoms with Crippen molar-refractivity contribution in [1.29, 1.82) is 0 Å². The number of methoxy groups -OCH3 is 1. The molecule has 1 aromatic carbocycles. The summed E-state index contributed by atoms with van der Waals surface area (Å²) >= 11 is 0. The van der Waals surface area contributed by atoms with E-state index in [0.717, 1.165) is 17.1 Å². The minimum atomic E-state index is 0.487. The summed E-state index contributed by atoms with van der Waals surface area (Å²) in [5.74, 6) is 0.872. The highest BCUT2D eigenvalue weighted by Gasteiger charge is 2.46. The van der Waals surface area contributed by atoms with E-state index in [-0.39, 0.29) is 0 Å². The molecule has 0 bridgehead atoms. The van der Waals surface area contributed by atoms with Crippen molar-refractivity contribution in [3.63, 3.8) is 0 Å². The molecule has 2 heterocycles. The van der Waals surface area contributed by atoms with Crippen LogP contribution in [0.2, 0.25) is 0 Å². The maximum atomic E-state index is 5.41. The van der Waals surface area contributed by atoms with E-state index < -0.39 is 0 Å². The maximum Gasteiger partial charge on any atom is 0.225 e. The summed E-state index contributed by atoms with van der Waals surface area (Å²) in [6, 6.07) is 8.74. The molecule has 1 atom stereocenters. The third kappa shape index (κ3) is 1.89. The topological polar surface area (TPSA) is 37.2 Å². The van der Waals surface area contributed by atoms with E-state index in [4.69, 9.17) is 4.74 Å². The zero-order chi connectivity index (χ0) is 15.0. The Hall–Kier alpha value is -2.40. The van der Waals surface area contributed by atoms with Gasteiger partial charge >= 0.3 is 0 Å². The van der Waals surface area contributed by atoms with E-state index in [1.807, 2.05) is 37.1 Å². The van der Waals surface area contributed by atoms with Crippen molar-refractivity contribution in [1.82, 2.24) is 0 Å². The first-order chi connectivity index (χ1) is 10.8. The van der Waals surface area contributed by atoms with Crippen LogP contribution in [0, 0.1) is 0 Å². The number of anilines is 1. The Morgan fingerprint density at radius 3 is 2.95 bits per heavy atom. The number of quaternary nitrogens is 1. The van der Waals surface area contributed by atoms with Gasteiger partial charge in [-0.3, -0.25) is 4.99 Å². The van der Waals surface area contributed by atoms with E-state index in [1.165, 1.54) is 19.3 Å². The Kier molecular flexibility index (Phi) is 3.08. The van der Waals surface area contributed by atoms with Crippen LogP contribution >= 0.6 is 0 Å². The lowest BCUT2D eigenvalue weighted by molar-refractivity contribution is -0.746. The van der Waals surface area contributed by atoms with Crippen molar-refractivity contribution in [3.8, 4) is 5.75 Å². The predicted molar refractivity (Wildman–Crippen MR) is 87.6 cm³/mol. The van der Waals surface area contributed by atoms with Crippen LogP contribution in [0.4, 0.5) is 5.69 Å². The SMILES string of the molecule is COc1cccc(N(C2CCC2)[N+]23C=CN=CC2=CN=C3)c1. The molecule has 1 saturated carbocycles. The number of hydrogen-bond acceptors (Lipinski definition) is 4. The van der Waals surface area contributed by atoms with Gasteiger partial charge < -0.3 is 4.74 Å². The van der Waals surface area contributed by atoms with E-state index in [0.29, 0.717) is 10.6 Å². The second-order valence-corrected chi connectivity index (χ2v) is 5.76. The number of hydrogen-bond donors (Lipinski definition) is 0. The second kappa shape index (κ2) is 5.10. The Morgan fingerprint density at radius 1 is 1.27 bits per heavy atom. The summed E-state index contributed by atoms with van der Waals surface area (Å²) in [6.45, 7) is 0. The van der Waals surface area contributed by atoms with Crippen molar-refractivity contribution < 1.29 is 9.33 Å². The number of benzene rings is 1. The normalized spacial score (nSPS) is 25.6. The first kappa shape index (κ1) is 13.3. The molecule has 1 aliphatic carbocycles. The highest BCUT2D eigenvalue weighted by molar-refractivity contribution is 5.82. The highest BCUT2D eigenvalue weighted by atomic mass is 16.5. The maximum absolute atomic E-state index is 5.41. The minimum Gasteiger partial charge on any atom is -0.497 e. The molecule has 2 aliphatic heterocycles. The summed E-state index contributed by atoms with van der Waals surface area (Å²) in [5, 5.41) is 2.41. The van der Waals surface area contributed by atoms with Gasteiger partial charge in [0.05, 0.1) is 37.5 Å². The van der Waals surface area contributed by atoms with Gasteiger partial charge in [0, 0.05) is 6.07 Å². The average Bonchev–Trinajstić information content (AvgIpc) is 2.95. The van der Waals surface area contributed by atoms with Crippen LogP contribution in [0.15, 0.2) is 58.5 Å². The molecule has 1 aromatic rings. The number of nitrogens with zero attached hydrogens (tertiary/aromatic N) is 4. The van der Waals surface area contributed by atoms with E-state index >= 15 is 0 Å². The molecule has 0 N–H and O–H groups in total. The van der Waals surface area contributed by atoms with E-state index in [9.17, 15) is 0 Å². The van der Waals surface area contributed by atoms with Gasteiger partial charge in [0.2, 0.25) is 12.0 Å². The first-order valence-electron chi connectivity index (χ1n) is 7.62. The third-order valence-electron chi connectivity index (χ3n) is 4.54. The standard InChI is InChI=1S/C17H19N4O/c1-22-17-7-3-6-15(10-17)20(14-4-2-5-14)21-9-8-18-11-16(21)12-19-13-21/h3,6-14H,2,4-5H2,1H3/q+1. The molecule has 112 valence electrons. The van der Waals surface area contributed by atoms with Gasteiger partial charge in [0.1, 0.15) is 5.75 Å². The number of fused-ring (bicyclic) bond motifs is 1. The van der Waals surface area contributed by atoms with Gasteiger partial charge in [-0.15, -0.1) is 4.59 Å². The molecule has 0 amide bonds. The van der Waals surface area contributed by atoms with Crippen LogP contribution < -0.4 is 9.75 Å². The molecule has 1 fully saturated rings. The zero-order valence-corrected chi connectivity index (χ0v) is 12.6. The highest BCUT2D eigenvalue weighted by Crippen LogP contribution is 2.39. The van der Waals surface area contributed by atoms with Gasteiger partial charge in [0.25, 0.3) is 0 Å². The third-order valence-corrected chi connectivity index (χ3v) is 4.54. The van der Waals surface area contributed by atoms with Gasteiger partial charge in [-0.05, 0) is 31.4 Å². The van der Waals surface area contributed by atoms with Crippen LogP contribution in [0.25, 0.3) is 0 Å². The van der Waals surface area contributed by atoms with Crippen molar-refractivity contribution in [2.45, 2.75) is 25.3 Å². The van der Waals surface area contributed by atoms with Crippen molar-refractivity contribution >= 4 is 18.2 Å². The largest absolute Gasteiger partial charge is 0.497 e. The summed E-state index contributed by atoms with van der Waals surface area (Å²) in [6.07, 6.45) is 13.3. The fourth-order valence-corrected chi connectivity index (χ4v) is 3.19. The molecule has 0 spiro atoms. The molecule has 5 heteroatoms. The van der Waals surface area contributed by atoms with Gasteiger partial charge in [-0.2, -0.15) is 0 Å². The molecule has 5 nitrogen and oxygen atoms in total. The lowest BCUT2D eigenvalue weighted by atomic mass is 9.91. The van der Waals surface area contributed by atoms with E-state index in [1.54, 1.807) is 7.11 Å². The minimum absolute atomic E-state index is 0.487. The Bertz CT molecular complexity index is 702. The van der Waals surface area contributed by atoms with Gasteiger partial charge in [-0.1, -0.05) is 6.07 Å². The van der Waals surface area contributed by atoms with Crippen molar-refractivity contribution in [2.24, 2.45) is 9.98 Å². The molecular formula is C17H19N4O+. The molecular weight excluding hydrogens is 276 g/mol. The Labute approximate surface area is 130 Å². The van der Waals surface area contributed by atoms with Crippen molar-refractivity contribution in [2.75, 3.05) is 12.1 Å². The van der Waals surface area contributed by atoms with Crippen molar-refractivity contribution in [3.05, 3.63) is 48.6 Å². The average molecular weight is 295 g/mol. The zero-order valence-electron chi connectivity index (χ0n) is 12.6. The molecule has 0 radical (unpaired) electrons. The van der Waals surface area contributed by atoms with Gasteiger partial charge in [0.15, 0.2) is 6.20 Å². The molecule has 0 saturated heterocycles. The van der Waals surface area contributed by atoms with Crippen LogP contribution in [0.1, 0.15) is 19.3 Å². The quantitative estimate of drug-likeness (QED) is 0.800. The smallest absolute Gasteiger partial charge is 0.225 e. The fourth-order valence-electron chi connectivity index (χ4n) is 3.19.